The van der Waals surface area contributed by atoms with Crippen LogP contribution in [0, 0.1) is 5.92 Å². The van der Waals surface area contributed by atoms with Crippen LogP contribution in [0.5, 0.6) is 0 Å². The summed E-state index contributed by atoms with van der Waals surface area (Å²) in [5, 5.41) is 14.1. The van der Waals surface area contributed by atoms with Crippen LogP contribution in [0.3, 0.4) is 0 Å². The van der Waals surface area contributed by atoms with Crippen LogP contribution in [-0.4, -0.2) is 42.1 Å². The Labute approximate surface area is 134 Å². The average molecular weight is 320 g/mol. The van der Waals surface area contributed by atoms with E-state index in [1.165, 1.54) is 6.92 Å². The van der Waals surface area contributed by atoms with Crippen molar-refractivity contribution in [1.29, 1.82) is 0 Å². The third kappa shape index (κ3) is 4.79. The van der Waals surface area contributed by atoms with Crippen LogP contribution in [0.2, 0.25) is 0 Å². The fraction of sp³-hybridized carbons (Fsp3) is 0.438. The molecule has 1 aliphatic rings. The van der Waals surface area contributed by atoms with Crippen molar-refractivity contribution >= 4 is 23.5 Å². The van der Waals surface area contributed by atoms with E-state index in [9.17, 15) is 14.4 Å². The predicted molar refractivity (Wildman–Crippen MR) is 83.2 cm³/mol. The van der Waals surface area contributed by atoms with Crippen LogP contribution >= 0.6 is 0 Å². The minimum atomic E-state index is -0.970. The van der Waals surface area contributed by atoms with Gasteiger partial charge in [-0.2, -0.15) is 0 Å². The zero-order chi connectivity index (χ0) is 16.8. The average Bonchev–Trinajstić information content (AvgIpc) is 3.07. The molecule has 7 heteroatoms. The molecule has 23 heavy (non-hydrogen) atoms. The molecule has 1 saturated heterocycles. The number of rotatable bonds is 6. The van der Waals surface area contributed by atoms with E-state index in [0.717, 1.165) is 6.42 Å². The van der Waals surface area contributed by atoms with E-state index in [4.69, 9.17) is 9.84 Å². The fourth-order valence-electron chi connectivity index (χ4n) is 2.18. The molecular formula is C16H20N2O5. The van der Waals surface area contributed by atoms with Crippen LogP contribution in [0.1, 0.15) is 30.1 Å². The van der Waals surface area contributed by atoms with Gasteiger partial charge >= 0.3 is 5.97 Å². The van der Waals surface area contributed by atoms with Gasteiger partial charge in [0, 0.05) is 24.4 Å². The van der Waals surface area contributed by atoms with E-state index < -0.39 is 18.0 Å². The molecule has 3 N–H and O–H groups in total. The molecule has 2 amide bonds. The van der Waals surface area contributed by atoms with E-state index in [1.54, 1.807) is 24.3 Å². The lowest BCUT2D eigenvalue weighted by Gasteiger charge is -2.12. The lowest BCUT2D eigenvalue weighted by Crippen LogP contribution is -2.31. The van der Waals surface area contributed by atoms with Crippen LogP contribution in [0.15, 0.2) is 24.3 Å². The van der Waals surface area contributed by atoms with Crippen LogP contribution in [-0.2, 0) is 14.3 Å². The molecule has 124 valence electrons. The Bertz CT molecular complexity index is 596. The maximum Gasteiger partial charge on any atom is 0.308 e. The molecule has 1 aromatic carbocycles. The van der Waals surface area contributed by atoms with Gasteiger partial charge in [0.2, 0.25) is 0 Å². The van der Waals surface area contributed by atoms with Crippen molar-refractivity contribution in [2.75, 3.05) is 18.5 Å². The van der Waals surface area contributed by atoms with E-state index >= 15 is 0 Å². The Kier molecular flexibility index (Phi) is 5.70. The maximum atomic E-state index is 12.0. The maximum absolute atomic E-state index is 12.0. The Balaban J connectivity index is 1.94. The van der Waals surface area contributed by atoms with Gasteiger partial charge in [-0.1, -0.05) is 13.0 Å². The predicted octanol–water partition coefficient (Wildman–Crippen LogP) is 1.25. The third-order valence-corrected chi connectivity index (χ3v) is 3.60. The van der Waals surface area contributed by atoms with Crippen molar-refractivity contribution < 1.29 is 24.2 Å². The summed E-state index contributed by atoms with van der Waals surface area (Å²) in [6.45, 7) is 2.14. The number of nitrogens with one attached hydrogen (secondary N) is 2. The van der Waals surface area contributed by atoms with Gasteiger partial charge in [0.15, 0.2) is 0 Å². The van der Waals surface area contributed by atoms with Gasteiger partial charge in [-0.05, 0) is 31.0 Å². The minimum Gasteiger partial charge on any atom is -0.481 e. The van der Waals surface area contributed by atoms with Crippen molar-refractivity contribution in [3.05, 3.63) is 29.8 Å². The van der Waals surface area contributed by atoms with Gasteiger partial charge in [0.25, 0.3) is 11.8 Å². The normalized spacial score (nSPS) is 18.2. The van der Waals surface area contributed by atoms with Crippen LogP contribution in [0.25, 0.3) is 0 Å². The SMILES string of the molecule is CC(CNC(=O)c1cccc(NC(=O)C2CCCO2)c1)C(=O)O. The first-order chi connectivity index (χ1) is 11.0. The van der Waals surface area contributed by atoms with Crippen molar-refractivity contribution in [3.8, 4) is 0 Å². The molecule has 2 rings (SSSR count). The molecule has 2 atom stereocenters. The highest BCUT2D eigenvalue weighted by atomic mass is 16.5. The highest BCUT2D eigenvalue weighted by Gasteiger charge is 2.23. The molecule has 1 heterocycles. The van der Waals surface area contributed by atoms with Crippen LogP contribution < -0.4 is 10.6 Å². The first-order valence-corrected chi connectivity index (χ1v) is 7.51. The van der Waals surface area contributed by atoms with Gasteiger partial charge in [0.1, 0.15) is 6.10 Å². The zero-order valence-electron chi connectivity index (χ0n) is 12.9. The van der Waals surface area contributed by atoms with Gasteiger partial charge in [-0.3, -0.25) is 14.4 Å². The number of anilines is 1. The molecule has 0 aliphatic carbocycles. The molecule has 1 fully saturated rings. The number of amides is 2. The lowest BCUT2D eigenvalue weighted by atomic mass is 10.1. The van der Waals surface area contributed by atoms with Crippen molar-refractivity contribution in [2.24, 2.45) is 5.92 Å². The monoisotopic (exact) mass is 320 g/mol. The largest absolute Gasteiger partial charge is 0.481 e. The molecule has 0 spiro atoms. The summed E-state index contributed by atoms with van der Waals surface area (Å²) in [5.41, 5.74) is 0.858. The van der Waals surface area contributed by atoms with Crippen molar-refractivity contribution in [3.63, 3.8) is 0 Å². The molecular weight excluding hydrogens is 300 g/mol. The molecule has 0 bridgehead atoms. The van der Waals surface area contributed by atoms with E-state index in [0.29, 0.717) is 24.3 Å². The molecule has 0 aromatic heterocycles. The Morgan fingerprint density at radius 1 is 1.39 bits per heavy atom. The first kappa shape index (κ1) is 17.0. The highest BCUT2D eigenvalue weighted by Crippen LogP contribution is 2.16. The summed E-state index contributed by atoms with van der Waals surface area (Å²) < 4.78 is 5.31. The quantitative estimate of drug-likeness (QED) is 0.732. The summed E-state index contributed by atoms with van der Waals surface area (Å²) in [4.78, 5) is 34.7. The Morgan fingerprint density at radius 2 is 2.17 bits per heavy atom. The number of ether oxygens (including phenoxy) is 1. The van der Waals surface area contributed by atoms with Gasteiger partial charge < -0.3 is 20.5 Å². The number of hydrogen-bond donors (Lipinski definition) is 3. The van der Waals surface area contributed by atoms with Gasteiger partial charge in [-0.15, -0.1) is 0 Å². The summed E-state index contributed by atoms with van der Waals surface area (Å²) in [6, 6.07) is 6.49. The minimum absolute atomic E-state index is 0.0423. The zero-order valence-corrected chi connectivity index (χ0v) is 12.9. The van der Waals surface area contributed by atoms with E-state index in [2.05, 4.69) is 10.6 Å². The summed E-state index contributed by atoms with van der Waals surface area (Å²) >= 11 is 0. The molecule has 0 saturated carbocycles. The van der Waals surface area contributed by atoms with E-state index in [-0.39, 0.29) is 18.4 Å². The number of carboxylic acids is 1. The first-order valence-electron chi connectivity index (χ1n) is 7.51. The molecule has 1 aromatic rings. The Hall–Kier alpha value is -2.41. The van der Waals surface area contributed by atoms with Gasteiger partial charge in [0.05, 0.1) is 5.92 Å². The molecule has 2 unspecified atom stereocenters. The summed E-state index contributed by atoms with van der Waals surface area (Å²) in [5.74, 6) is -2.24. The molecule has 7 nitrogen and oxygen atoms in total. The van der Waals surface area contributed by atoms with Crippen molar-refractivity contribution in [1.82, 2.24) is 5.32 Å². The number of carboxylic acid groups (broad SMARTS) is 1. The standard InChI is InChI=1S/C16H20N2O5/c1-10(16(21)22)9-17-14(19)11-4-2-5-12(8-11)18-15(20)13-6-3-7-23-13/h2,4-5,8,10,13H,3,6-7,9H2,1H3,(H,17,19)(H,18,20)(H,21,22). The van der Waals surface area contributed by atoms with Crippen molar-refractivity contribution in [2.45, 2.75) is 25.9 Å². The molecule has 0 radical (unpaired) electrons. The number of aliphatic carboxylic acids is 1. The third-order valence-electron chi connectivity index (χ3n) is 3.60. The van der Waals surface area contributed by atoms with Gasteiger partial charge in [-0.25, -0.2) is 0 Å². The second kappa shape index (κ2) is 7.73. The second-order valence-electron chi connectivity index (χ2n) is 5.52. The summed E-state index contributed by atoms with van der Waals surface area (Å²) in [6.07, 6.45) is 1.12. The number of hydrogen-bond acceptors (Lipinski definition) is 4. The number of carbonyl (C=O) groups excluding carboxylic acids is 2. The fourth-order valence-corrected chi connectivity index (χ4v) is 2.18. The lowest BCUT2D eigenvalue weighted by molar-refractivity contribution is -0.140. The Morgan fingerprint density at radius 3 is 2.83 bits per heavy atom. The number of carbonyl (C=O) groups is 3. The van der Waals surface area contributed by atoms with Crippen LogP contribution in [0.4, 0.5) is 5.69 Å². The summed E-state index contributed by atoms with van der Waals surface area (Å²) in [7, 11) is 0. The second-order valence-corrected chi connectivity index (χ2v) is 5.52. The highest BCUT2D eigenvalue weighted by molar-refractivity contribution is 5.98. The smallest absolute Gasteiger partial charge is 0.308 e. The topological polar surface area (TPSA) is 105 Å². The number of benzene rings is 1. The molecule has 1 aliphatic heterocycles. The van der Waals surface area contributed by atoms with E-state index in [1.807, 2.05) is 0 Å².